The van der Waals surface area contributed by atoms with Crippen LogP contribution in [0.1, 0.15) is 31.7 Å². The van der Waals surface area contributed by atoms with Crippen LogP contribution in [0.5, 0.6) is 0 Å². The molecule has 3 nitrogen and oxygen atoms in total. The number of carbonyl (C=O) groups excluding carboxylic acids is 1. The quantitative estimate of drug-likeness (QED) is 0.907. The van der Waals surface area contributed by atoms with E-state index in [0.29, 0.717) is 6.42 Å². The van der Waals surface area contributed by atoms with Gasteiger partial charge in [-0.1, -0.05) is 19.1 Å². The number of hydrogen-bond acceptors (Lipinski definition) is 2. The molecule has 2 rings (SSSR count). The smallest absolute Gasteiger partial charge is 0.223 e. The van der Waals surface area contributed by atoms with Crippen LogP contribution in [-0.4, -0.2) is 36.5 Å². The summed E-state index contributed by atoms with van der Waals surface area (Å²) in [4.78, 5) is 14.2. The molecule has 2 atom stereocenters. The molecule has 1 heterocycles. The zero-order valence-electron chi connectivity index (χ0n) is 11.5. The molecule has 1 unspecified atom stereocenters. The summed E-state index contributed by atoms with van der Waals surface area (Å²) in [5.41, 5.74) is 0.885. The molecule has 1 aromatic rings. The molecule has 4 heteroatoms. The Bertz CT molecular complexity index is 450. The maximum Gasteiger partial charge on any atom is 0.223 e. The first-order chi connectivity index (χ1) is 9.08. The number of hydrogen-bond donors (Lipinski definition) is 1. The largest absolute Gasteiger partial charge is 0.337 e. The summed E-state index contributed by atoms with van der Waals surface area (Å²) in [6, 6.07) is 6.75. The van der Waals surface area contributed by atoms with Gasteiger partial charge in [0, 0.05) is 32.1 Å². The second-order valence-electron chi connectivity index (χ2n) is 5.30. The van der Waals surface area contributed by atoms with Crippen LogP contribution in [0.15, 0.2) is 24.3 Å². The lowest BCUT2D eigenvalue weighted by Gasteiger charge is -2.34. The van der Waals surface area contributed by atoms with Crippen molar-refractivity contribution in [3.63, 3.8) is 0 Å². The molecule has 104 valence electrons. The van der Waals surface area contributed by atoms with E-state index in [1.165, 1.54) is 12.1 Å². The van der Waals surface area contributed by atoms with Crippen LogP contribution in [-0.2, 0) is 4.79 Å². The Morgan fingerprint density at radius 2 is 2.37 bits per heavy atom. The first-order valence-corrected chi connectivity index (χ1v) is 6.83. The third-order valence-electron chi connectivity index (χ3n) is 3.72. The van der Waals surface area contributed by atoms with Crippen molar-refractivity contribution in [3.05, 3.63) is 35.6 Å². The highest BCUT2D eigenvalue weighted by atomic mass is 19.1. The molecule has 1 amide bonds. The van der Waals surface area contributed by atoms with Crippen LogP contribution in [0, 0.1) is 5.82 Å². The number of halogens is 1. The van der Waals surface area contributed by atoms with Gasteiger partial charge in [-0.3, -0.25) is 4.79 Å². The molecular formula is C15H21FN2O. The van der Waals surface area contributed by atoms with Gasteiger partial charge >= 0.3 is 0 Å². The lowest BCUT2D eigenvalue weighted by Crippen LogP contribution is -2.52. The molecule has 0 spiro atoms. The van der Waals surface area contributed by atoms with Crippen molar-refractivity contribution in [1.82, 2.24) is 10.2 Å². The molecule has 1 aliphatic rings. The predicted molar refractivity (Wildman–Crippen MR) is 73.5 cm³/mol. The van der Waals surface area contributed by atoms with Crippen LogP contribution < -0.4 is 5.32 Å². The monoisotopic (exact) mass is 264 g/mol. The first-order valence-electron chi connectivity index (χ1n) is 6.83. The number of carbonyl (C=O) groups is 1. The maximum absolute atomic E-state index is 13.2. The van der Waals surface area contributed by atoms with Gasteiger partial charge in [-0.05, 0) is 30.5 Å². The first kappa shape index (κ1) is 14.0. The average molecular weight is 264 g/mol. The minimum absolute atomic E-state index is 0.0466. The van der Waals surface area contributed by atoms with Gasteiger partial charge in [-0.2, -0.15) is 0 Å². The molecule has 0 aromatic heterocycles. The molecular weight excluding hydrogens is 243 g/mol. The zero-order valence-corrected chi connectivity index (χ0v) is 11.5. The summed E-state index contributed by atoms with van der Waals surface area (Å²) in [6.45, 7) is 6.48. The number of amides is 1. The minimum atomic E-state index is -0.243. The minimum Gasteiger partial charge on any atom is -0.337 e. The van der Waals surface area contributed by atoms with Crippen LogP contribution in [0.3, 0.4) is 0 Å². The van der Waals surface area contributed by atoms with Crippen molar-refractivity contribution in [2.24, 2.45) is 0 Å². The molecule has 0 saturated carbocycles. The summed E-state index contributed by atoms with van der Waals surface area (Å²) in [5, 5.41) is 3.27. The van der Waals surface area contributed by atoms with Gasteiger partial charge in [0.1, 0.15) is 5.82 Å². The highest BCUT2D eigenvalue weighted by molar-refractivity contribution is 5.77. The summed E-state index contributed by atoms with van der Waals surface area (Å²) < 4.78 is 13.2. The van der Waals surface area contributed by atoms with Crippen LogP contribution >= 0.6 is 0 Å². The Labute approximate surface area is 113 Å². The van der Waals surface area contributed by atoms with E-state index < -0.39 is 0 Å². The van der Waals surface area contributed by atoms with Crippen molar-refractivity contribution in [3.8, 4) is 0 Å². The standard InChI is InChI=1S/C15H21FN2O/c1-11(13-4-3-5-14(16)9-13)8-15(19)18-7-6-17-10-12(18)2/h3-5,9,11-12,17H,6-8,10H2,1-2H3/t11?,12-/m1/s1. The molecule has 1 fully saturated rings. The Hall–Kier alpha value is -1.42. The van der Waals surface area contributed by atoms with E-state index in [1.807, 2.05) is 17.9 Å². The zero-order chi connectivity index (χ0) is 13.8. The normalized spacial score (nSPS) is 21.2. The molecule has 1 aliphatic heterocycles. The fraction of sp³-hybridized carbons (Fsp3) is 0.533. The van der Waals surface area contributed by atoms with Crippen LogP contribution in [0.2, 0.25) is 0 Å². The van der Waals surface area contributed by atoms with E-state index in [2.05, 4.69) is 12.2 Å². The Morgan fingerprint density at radius 1 is 1.58 bits per heavy atom. The second kappa shape index (κ2) is 6.15. The summed E-state index contributed by atoms with van der Waals surface area (Å²) in [5.74, 6) is -0.0385. The van der Waals surface area contributed by atoms with Crippen LogP contribution in [0.4, 0.5) is 4.39 Å². The summed E-state index contributed by atoms with van der Waals surface area (Å²) in [6.07, 6.45) is 0.438. The summed E-state index contributed by atoms with van der Waals surface area (Å²) in [7, 11) is 0. The molecule has 0 bridgehead atoms. The van der Waals surface area contributed by atoms with Crippen molar-refractivity contribution < 1.29 is 9.18 Å². The molecule has 19 heavy (non-hydrogen) atoms. The Balaban J connectivity index is 1.98. The maximum atomic E-state index is 13.2. The highest BCUT2D eigenvalue weighted by Crippen LogP contribution is 2.21. The van der Waals surface area contributed by atoms with E-state index in [-0.39, 0.29) is 23.7 Å². The van der Waals surface area contributed by atoms with Crippen molar-refractivity contribution >= 4 is 5.91 Å². The number of nitrogens with zero attached hydrogens (tertiary/aromatic N) is 1. The fourth-order valence-corrected chi connectivity index (χ4v) is 2.52. The predicted octanol–water partition coefficient (Wildman–Crippen LogP) is 2.14. The van der Waals surface area contributed by atoms with Gasteiger partial charge in [-0.15, -0.1) is 0 Å². The third-order valence-corrected chi connectivity index (χ3v) is 3.72. The Kier molecular flexibility index (Phi) is 4.53. The number of piperazine rings is 1. The molecule has 0 aliphatic carbocycles. The van der Waals surface area contributed by atoms with E-state index in [9.17, 15) is 9.18 Å². The fourth-order valence-electron chi connectivity index (χ4n) is 2.52. The van der Waals surface area contributed by atoms with Gasteiger partial charge < -0.3 is 10.2 Å². The topological polar surface area (TPSA) is 32.3 Å². The van der Waals surface area contributed by atoms with E-state index in [1.54, 1.807) is 6.07 Å². The molecule has 0 radical (unpaired) electrons. The number of nitrogens with one attached hydrogen (secondary N) is 1. The van der Waals surface area contributed by atoms with Crippen LogP contribution in [0.25, 0.3) is 0 Å². The third kappa shape index (κ3) is 3.53. The lowest BCUT2D eigenvalue weighted by molar-refractivity contribution is -0.134. The SMILES string of the molecule is CC(CC(=O)N1CCNC[C@H]1C)c1cccc(F)c1. The molecule has 1 aromatic carbocycles. The number of rotatable bonds is 3. The van der Waals surface area contributed by atoms with Gasteiger partial charge in [0.25, 0.3) is 0 Å². The lowest BCUT2D eigenvalue weighted by atomic mass is 9.96. The number of benzene rings is 1. The molecule has 1 N–H and O–H groups in total. The Morgan fingerprint density at radius 3 is 3.05 bits per heavy atom. The highest BCUT2D eigenvalue weighted by Gasteiger charge is 2.24. The van der Waals surface area contributed by atoms with E-state index >= 15 is 0 Å². The second-order valence-corrected chi connectivity index (χ2v) is 5.30. The van der Waals surface area contributed by atoms with Crippen molar-refractivity contribution in [2.45, 2.75) is 32.2 Å². The van der Waals surface area contributed by atoms with Gasteiger partial charge in [0.15, 0.2) is 0 Å². The van der Waals surface area contributed by atoms with Gasteiger partial charge in [-0.25, -0.2) is 4.39 Å². The average Bonchev–Trinajstić information content (AvgIpc) is 2.39. The van der Waals surface area contributed by atoms with Crippen molar-refractivity contribution in [2.75, 3.05) is 19.6 Å². The van der Waals surface area contributed by atoms with Gasteiger partial charge in [0.2, 0.25) is 5.91 Å². The summed E-state index contributed by atoms with van der Waals surface area (Å²) >= 11 is 0. The van der Waals surface area contributed by atoms with E-state index in [0.717, 1.165) is 25.2 Å². The van der Waals surface area contributed by atoms with Gasteiger partial charge in [0.05, 0.1) is 0 Å². The molecule has 1 saturated heterocycles. The van der Waals surface area contributed by atoms with Crippen molar-refractivity contribution in [1.29, 1.82) is 0 Å². The van der Waals surface area contributed by atoms with E-state index in [4.69, 9.17) is 0 Å².